The zero-order valence-corrected chi connectivity index (χ0v) is 10.8. The summed E-state index contributed by atoms with van der Waals surface area (Å²) in [5, 5.41) is 4.76. The van der Waals surface area contributed by atoms with Gasteiger partial charge in [0.25, 0.3) is 0 Å². The lowest BCUT2D eigenvalue weighted by Crippen LogP contribution is -2.26. The Balaban J connectivity index is 2.07. The SMILES string of the molecule is CN1CCNCCC1c1ccnc2ccccc12. The first kappa shape index (κ1) is 11.6. The molecule has 3 nitrogen and oxygen atoms in total. The Kier molecular flexibility index (Phi) is 3.26. The van der Waals surface area contributed by atoms with E-state index in [2.05, 4.69) is 52.6 Å². The molecule has 1 N–H and O–H groups in total. The molecule has 94 valence electrons. The first-order valence-electron chi connectivity index (χ1n) is 6.61. The Hall–Kier alpha value is -1.45. The maximum absolute atomic E-state index is 4.45. The van der Waals surface area contributed by atoms with Crippen molar-refractivity contribution >= 4 is 10.9 Å². The van der Waals surface area contributed by atoms with E-state index in [1.165, 1.54) is 10.9 Å². The van der Waals surface area contributed by atoms with Crippen LogP contribution in [-0.2, 0) is 0 Å². The molecule has 2 aromatic rings. The number of likely N-dealkylation sites (N-methyl/N-ethyl adjacent to an activating group) is 1. The number of rotatable bonds is 1. The number of hydrogen-bond acceptors (Lipinski definition) is 3. The lowest BCUT2D eigenvalue weighted by atomic mass is 9.99. The van der Waals surface area contributed by atoms with Crippen molar-refractivity contribution in [3.05, 3.63) is 42.1 Å². The molecule has 0 radical (unpaired) electrons. The van der Waals surface area contributed by atoms with Gasteiger partial charge >= 0.3 is 0 Å². The molecule has 18 heavy (non-hydrogen) atoms. The molecule has 0 aliphatic carbocycles. The number of aromatic nitrogens is 1. The third-order valence-electron chi connectivity index (χ3n) is 3.81. The van der Waals surface area contributed by atoms with E-state index in [1.807, 2.05) is 6.20 Å². The summed E-state index contributed by atoms with van der Waals surface area (Å²) in [6.45, 7) is 3.27. The molecule has 1 aliphatic rings. The van der Waals surface area contributed by atoms with Crippen LogP contribution in [0.2, 0.25) is 0 Å². The van der Waals surface area contributed by atoms with Gasteiger partial charge in [0.1, 0.15) is 0 Å². The minimum absolute atomic E-state index is 0.493. The van der Waals surface area contributed by atoms with Gasteiger partial charge in [-0.1, -0.05) is 18.2 Å². The summed E-state index contributed by atoms with van der Waals surface area (Å²) in [6, 6.07) is 11.1. The van der Waals surface area contributed by atoms with Crippen LogP contribution >= 0.6 is 0 Å². The Morgan fingerprint density at radius 3 is 3.06 bits per heavy atom. The largest absolute Gasteiger partial charge is 0.315 e. The Morgan fingerprint density at radius 2 is 2.11 bits per heavy atom. The zero-order chi connectivity index (χ0) is 12.4. The number of pyridine rings is 1. The van der Waals surface area contributed by atoms with Gasteiger partial charge in [-0.15, -0.1) is 0 Å². The number of fused-ring (bicyclic) bond motifs is 1. The monoisotopic (exact) mass is 241 g/mol. The number of nitrogens with one attached hydrogen (secondary N) is 1. The zero-order valence-electron chi connectivity index (χ0n) is 10.8. The first-order chi connectivity index (χ1) is 8.86. The highest BCUT2D eigenvalue weighted by Crippen LogP contribution is 2.29. The lowest BCUT2D eigenvalue weighted by molar-refractivity contribution is 0.260. The van der Waals surface area contributed by atoms with Crippen LogP contribution in [0.5, 0.6) is 0 Å². The minimum atomic E-state index is 0.493. The van der Waals surface area contributed by atoms with Crippen LogP contribution in [0.25, 0.3) is 10.9 Å². The molecular formula is C15H19N3. The minimum Gasteiger partial charge on any atom is -0.315 e. The Morgan fingerprint density at radius 1 is 1.22 bits per heavy atom. The van der Waals surface area contributed by atoms with Crippen LogP contribution in [0.4, 0.5) is 0 Å². The van der Waals surface area contributed by atoms with E-state index >= 15 is 0 Å². The number of hydrogen-bond donors (Lipinski definition) is 1. The van der Waals surface area contributed by atoms with Crippen LogP contribution in [0.15, 0.2) is 36.5 Å². The molecule has 0 amide bonds. The van der Waals surface area contributed by atoms with E-state index in [0.717, 1.165) is 31.6 Å². The van der Waals surface area contributed by atoms with Crippen molar-refractivity contribution in [1.82, 2.24) is 15.2 Å². The van der Waals surface area contributed by atoms with Gasteiger partial charge in [0.2, 0.25) is 0 Å². The Labute approximate surface area is 108 Å². The van der Waals surface area contributed by atoms with Gasteiger partial charge in [-0.05, 0) is 37.7 Å². The van der Waals surface area contributed by atoms with Crippen molar-refractivity contribution in [2.24, 2.45) is 0 Å². The maximum atomic E-state index is 4.45. The third-order valence-corrected chi connectivity index (χ3v) is 3.81. The van der Waals surface area contributed by atoms with E-state index in [0.29, 0.717) is 6.04 Å². The molecule has 0 bridgehead atoms. The van der Waals surface area contributed by atoms with Crippen molar-refractivity contribution < 1.29 is 0 Å². The van der Waals surface area contributed by atoms with E-state index in [1.54, 1.807) is 0 Å². The fourth-order valence-electron chi connectivity index (χ4n) is 2.80. The second-order valence-corrected chi connectivity index (χ2v) is 4.95. The van der Waals surface area contributed by atoms with Crippen LogP contribution in [0.3, 0.4) is 0 Å². The van der Waals surface area contributed by atoms with Gasteiger partial charge in [0.15, 0.2) is 0 Å². The second-order valence-electron chi connectivity index (χ2n) is 4.95. The van der Waals surface area contributed by atoms with Gasteiger partial charge in [-0.2, -0.15) is 0 Å². The fraction of sp³-hybridized carbons (Fsp3) is 0.400. The summed E-state index contributed by atoms with van der Waals surface area (Å²) in [4.78, 5) is 6.90. The molecule has 1 fully saturated rings. The summed E-state index contributed by atoms with van der Waals surface area (Å²) >= 11 is 0. The highest BCUT2D eigenvalue weighted by Gasteiger charge is 2.20. The number of benzene rings is 1. The quantitative estimate of drug-likeness (QED) is 0.829. The van der Waals surface area contributed by atoms with Gasteiger partial charge < -0.3 is 5.32 Å². The van der Waals surface area contributed by atoms with Crippen molar-refractivity contribution in [1.29, 1.82) is 0 Å². The van der Waals surface area contributed by atoms with Gasteiger partial charge in [-0.25, -0.2) is 0 Å². The number of para-hydroxylation sites is 1. The Bertz CT molecular complexity index is 533. The molecule has 2 heterocycles. The average Bonchev–Trinajstić information content (AvgIpc) is 2.63. The van der Waals surface area contributed by atoms with Crippen LogP contribution in [-0.4, -0.2) is 36.6 Å². The molecule has 1 aliphatic heterocycles. The van der Waals surface area contributed by atoms with Crippen molar-refractivity contribution in [2.45, 2.75) is 12.5 Å². The predicted octanol–water partition coefficient (Wildman–Crippen LogP) is 2.20. The first-order valence-corrected chi connectivity index (χ1v) is 6.61. The summed E-state index contributed by atoms with van der Waals surface area (Å²) in [5.74, 6) is 0. The smallest absolute Gasteiger partial charge is 0.0705 e. The molecular weight excluding hydrogens is 222 g/mol. The summed E-state index contributed by atoms with van der Waals surface area (Å²) in [7, 11) is 2.22. The molecule has 1 aromatic carbocycles. The van der Waals surface area contributed by atoms with Crippen LogP contribution in [0, 0.1) is 0 Å². The molecule has 0 saturated carbocycles. The van der Waals surface area contributed by atoms with Gasteiger partial charge in [0.05, 0.1) is 5.52 Å². The summed E-state index contributed by atoms with van der Waals surface area (Å²) in [6.07, 6.45) is 3.09. The normalized spacial score (nSPS) is 21.9. The summed E-state index contributed by atoms with van der Waals surface area (Å²) in [5.41, 5.74) is 2.51. The van der Waals surface area contributed by atoms with Crippen molar-refractivity contribution in [3.63, 3.8) is 0 Å². The van der Waals surface area contributed by atoms with Gasteiger partial charge in [0, 0.05) is 30.7 Å². The molecule has 1 aromatic heterocycles. The highest BCUT2D eigenvalue weighted by atomic mass is 15.2. The van der Waals surface area contributed by atoms with Gasteiger partial charge in [-0.3, -0.25) is 9.88 Å². The molecule has 1 saturated heterocycles. The van der Waals surface area contributed by atoms with Crippen LogP contribution in [0.1, 0.15) is 18.0 Å². The third kappa shape index (κ3) is 2.11. The topological polar surface area (TPSA) is 28.2 Å². The molecule has 3 rings (SSSR count). The van der Waals surface area contributed by atoms with E-state index in [4.69, 9.17) is 0 Å². The predicted molar refractivity (Wildman–Crippen MR) is 74.6 cm³/mol. The fourth-order valence-corrected chi connectivity index (χ4v) is 2.80. The summed E-state index contributed by atoms with van der Waals surface area (Å²) < 4.78 is 0. The second kappa shape index (κ2) is 5.04. The van der Waals surface area contributed by atoms with E-state index in [9.17, 15) is 0 Å². The van der Waals surface area contributed by atoms with Crippen molar-refractivity contribution in [2.75, 3.05) is 26.7 Å². The highest BCUT2D eigenvalue weighted by molar-refractivity contribution is 5.82. The maximum Gasteiger partial charge on any atom is 0.0705 e. The standard InChI is InChI=1S/C15H19N3/c1-18-11-10-16-8-7-15(18)13-6-9-17-14-5-3-2-4-12(13)14/h2-6,9,15-16H,7-8,10-11H2,1H3. The lowest BCUT2D eigenvalue weighted by Gasteiger charge is -2.26. The average molecular weight is 241 g/mol. The number of nitrogens with zero attached hydrogens (tertiary/aromatic N) is 2. The molecule has 3 heteroatoms. The van der Waals surface area contributed by atoms with Crippen molar-refractivity contribution in [3.8, 4) is 0 Å². The molecule has 1 unspecified atom stereocenters. The molecule has 0 spiro atoms. The van der Waals surface area contributed by atoms with E-state index in [-0.39, 0.29) is 0 Å². The van der Waals surface area contributed by atoms with Crippen LogP contribution < -0.4 is 5.32 Å². The van der Waals surface area contributed by atoms with E-state index < -0.39 is 0 Å². The molecule has 1 atom stereocenters.